The van der Waals surface area contributed by atoms with Crippen LogP contribution >= 0.6 is 0 Å². The molecule has 0 spiro atoms. The van der Waals surface area contributed by atoms with E-state index in [0.29, 0.717) is 18.9 Å². The van der Waals surface area contributed by atoms with Crippen LogP contribution in [-0.2, 0) is 14.8 Å². The number of nitro groups is 1. The lowest BCUT2D eigenvalue weighted by Crippen LogP contribution is -2.41. The van der Waals surface area contributed by atoms with Gasteiger partial charge < -0.3 is 10.1 Å². The zero-order valence-electron chi connectivity index (χ0n) is 17.4. The SMILES string of the molecule is CC(C)(C)C(Nc1ccc([N+](=O)[O-])cc1S(=O)(=O)N1CCOCC1)c1ccccc1. The van der Waals surface area contributed by atoms with Gasteiger partial charge in [-0.05, 0) is 17.0 Å². The zero-order chi connectivity index (χ0) is 21.9. The summed E-state index contributed by atoms with van der Waals surface area (Å²) in [7, 11) is -3.94. The molecule has 1 atom stereocenters. The number of hydrogen-bond acceptors (Lipinski definition) is 6. The molecule has 0 bridgehead atoms. The third-order valence-corrected chi connectivity index (χ3v) is 7.00. The molecule has 1 N–H and O–H groups in total. The third kappa shape index (κ3) is 4.80. The molecule has 1 aliphatic heterocycles. The molecule has 30 heavy (non-hydrogen) atoms. The van der Waals surface area contributed by atoms with Crippen molar-refractivity contribution in [3.63, 3.8) is 0 Å². The first-order valence-electron chi connectivity index (χ1n) is 9.78. The number of nitro benzene ring substituents is 1. The van der Waals surface area contributed by atoms with E-state index < -0.39 is 14.9 Å². The lowest BCUT2D eigenvalue weighted by molar-refractivity contribution is -0.385. The van der Waals surface area contributed by atoms with Crippen molar-refractivity contribution in [2.45, 2.75) is 31.7 Å². The molecule has 0 aliphatic carbocycles. The lowest BCUT2D eigenvalue weighted by Gasteiger charge is -2.34. The first kappa shape index (κ1) is 22.2. The average molecular weight is 434 g/mol. The van der Waals surface area contributed by atoms with E-state index >= 15 is 0 Å². The lowest BCUT2D eigenvalue weighted by atomic mass is 9.82. The molecule has 1 saturated heterocycles. The Morgan fingerprint density at radius 3 is 2.30 bits per heavy atom. The van der Waals surface area contributed by atoms with Crippen molar-refractivity contribution in [2.75, 3.05) is 31.6 Å². The van der Waals surface area contributed by atoms with Crippen LogP contribution in [0.3, 0.4) is 0 Å². The molecule has 162 valence electrons. The molecular formula is C21H27N3O5S. The zero-order valence-corrected chi connectivity index (χ0v) is 18.2. The highest BCUT2D eigenvalue weighted by Gasteiger charge is 2.33. The molecule has 2 aromatic rings. The van der Waals surface area contributed by atoms with Gasteiger partial charge in [0.15, 0.2) is 0 Å². The van der Waals surface area contributed by atoms with E-state index in [1.807, 2.05) is 30.3 Å². The summed E-state index contributed by atoms with van der Waals surface area (Å²) >= 11 is 0. The van der Waals surface area contributed by atoms with Crippen LogP contribution in [0.25, 0.3) is 0 Å². The molecule has 1 aliphatic rings. The number of rotatable bonds is 6. The Bertz CT molecular complexity index is 997. The Morgan fingerprint density at radius 1 is 1.10 bits per heavy atom. The number of morpholine rings is 1. The van der Waals surface area contributed by atoms with Crippen LogP contribution < -0.4 is 5.32 Å². The standard InChI is InChI=1S/C21H27N3O5S/c1-21(2,3)20(16-7-5-4-6-8-16)22-18-10-9-17(24(25)26)15-19(18)30(27,28)23-11-13-29-14-12-23/h4-10,15,20,22H,11-14H2,1-3H3. The van der Waals surface area contributed by atoms with Crippen LogP contribution in [0.15, 0.2) is 53.4 Å². The number of nitrogens with zero attached hydrogens (tertiary/aromatic N) is 2. The Morgan fingerprint density at radius 2 is 1.73 bits per heavy atom. The minimum absolute atomic E-state index is 0.0937. The Labute approximate surface area is 177 Å². The van der Waals surface area contributed by atoms with Gasteiger partial charge in [-0.25, -0.2) is 8.42 Å². The summed E-state index contributed by atoms with van der Waals surface area (Å²) in [5.74, 6) is 0. The van der Waals surface area contributed by atoms with Crippen LogP contribution in [0.5, 0.6) is 0 Å². The van der Waals surface area contributed by atoms with Gasteiger partial charge in [-0.2, -0.15) is 4.31 Å². The minimum atomic E-state index is -3.94. The Kier molecular flexibility index (Phi) is 6.44. The number of hydrogen-bond donors (Lipinski definition) is 1. The molecule has 2 aromatic carbocycles. The fourth-order valence-electron chi connectivity index (χ4n) is 3.48. The minimum Gasteiger partial charge on any atom is -0.379 e. The molecule has 0 amide bonds. The largest absolute Gasteiger partial charge is 0.379 e. The third-order valence-electron chi connectivity index (χ3n) is 5.06. The van der Waals surface area contributed by atoms with E-state index in [2.05, 4.69) is 26.1 Å². The van der Waals surface area contributed by atoms with Crippen LogP contribution in [-0.4, -0.2) is 43.9 Å². The summed E-state index contributed by atoms with van der Waals surface area (Å²) in [6.45, 7) is 7.19. The monoisotopic (exact) mass is 433 g/mol. The Hall–Kier alpha value is -2.49. The van der Waals surface area contributed by atoms with Crippen molar-refractivity contribution in [1.29, 1.82) is 0 Å². The molecule has 0 aromatic heterocycles. The van der Waals surface area contributed by atoms with Crippen LogP contribution in [0, 0.1) is 15.5 Å². The normalized spacial score (nSPS) is 16.8. The number of nitrogens with one attached hydrogen (secondary N) is 1. The first-order chi connectivity index (χ1) is 14.1. The maximum absolute atomic E-state index is 13.4. The van der Waals surface area contributed by atoms with Crippen molar-refractivity contribution in [1.82, 2.24) is 4.31 Å². The summed E-state index contributed by atoms with van der Waals surface area (Å²) in [5, 5.41) is 14.7. The van der Waals surface area contributed by atoms with Gasteiger partial charge in [0.2, 0.25) is 10.0 Å². The van der Waals surface area contributed by atoms with Crippen molar-refractivity contribution in [3.05, 3.63) is 64.2 Å². The summed E-state index contributed by atoms with van der Waals surface area (Å²) in [6, 6.07) is 13.5. The summed E-state index contributed by atoms with van der Waals surface area (Å²) in [6.07, 6.45) is 0. The number of non-ortho nitro benzene ring substituents is 1. The quantitative estimate of drug-likeness (QED) is 0.549. The smallest absolute Gasteiger partial charge is 0.270 e. The fourth-order valence-corrected chi connectivity index (χ4v) is 5.07. The maximum Gasteiger partial charge on any atom is 0.270 e. The maximum atomic E-state index is 13.4. The van der Waals surface area contributed by atoms with Crippen molar-refractivity contribution >= 4 is 21.4 Å². The van der Waals surface area contributed by atoms with Gasteiger partial charge in [-0.15, -0.1) is 0 Å². The van der Waals surface area contributed by atoms with Gasteiger partial charge in [-0.1, -0.05) is 51.1 Å². The van der Waals surface area contributed by atoms with Gasteiger partial charge in [-0.3, -0.25) is 10.1 Å². The number of sulfonamides is 1. The fraction of sp³-hybridized carbons (Fsp3) is 0.429. The second kappa shape index (κ2) is 8.71. The van der Waals surface area contributed by atoms with Crippen molar-refractivity contribution < 1.29 is 18.1 Å². The average Bonchev–Trinajstić information content (AvgIpc) is 2.72. The summed E-state index contributed by atoms with van der Waals surface area (Å²) in [4.78, 5) is 10.7. The predicted octanol–water partition coefficient (Wildman–Crippen LogP) is 3.82. The molecule has 1 heterocycles. The van der Waals surface area contributed by atoms with Gasteiger partial charge in [0.25, 0.3) is 5.69 Å². The van der Waals surface area contributed by atoms with Crippen LogP contribution in [0.2, 0.25) is 0 Å². The van der Waals surface area contributed by atoms with Crippen molar-refractivity contribution in [3.8, 4) is 0 Å². The molecular weight excluding hydrogens is 406 g/mol. The number of anilines is 1. The highest BCUT2D eigenvalue weighted by atomic mass is 32.2. The van der Waals surface area contributed by atoms with Gasteiger partial charge in [0.05, 0.1) is 29.9 Å². The van der Waals surface area contributed by atoms with E-state index in [9.17, 15) is 18.5 Å². The topological polar surface area (TPSA) is 102 Å². The highest BCUT2D eigenvalue weighted by molar-refractivity contribution is 7.89. The highest BCUT2D eigenvalue weighted by Crippen LogP contribution is 2.38. The second-order valence-corrected chi connectivity index (χ2v) is 10.2. The molecule has 1 unspecified atom stereocenters. The molecule has 8 nitrogen and oxygen atoms in total. The molecule has 0 radical (unpaired) electrons. The predicted molar refractivity (Wildman–Crippen MR) is 115 cm³/mol. The number of ether oxygens (including phenoxy) is 1. The molecule has 9 heteroatoms. The first-order valence-corrected chi connectivity index (χ1v) is 11.2. The summed E-state index contributed by atoms with van der Waals surface area (Å²) in [5.41, 5.74) is 0.830. The Balaban J connectivity index is 2.08. The molecule has 0 saturated carbocycles. The van der Waals surface area contributed by atoms with Gasteiger partial charge >= 0.3 is 0 Å². The van der Waals surface area contributed by atoms with E-state index in [1.54, 1.807) is 0 Å². The van der Waals surface area contributed by atoms with Gasteiger partial charge in [0.1, 0.15) is 4.90 Å². The van der Waals surface area contributed by atoms with E-state index in [0.717, 1.165) is 11.6 Å². The second-order valence-electron chi connectivity index (χ2n) is 8.31. The molecule has 3 rings (SSSR count). The summed E-state index contributed by atoms with van der Waals surface area (Å²) < 4.78 is 33.3. The number of benzene rings is 2. The van der Waals surface area contributed by atoms with Gasteiger partial charge in [0, 0.05) is 25.2 Å². The van der Waals surface area contributed by atoms with E-state index in [1.165, 1.54) is 16.4 Å². The molecule has 1 fully saturated rings. The van der Waals surface area contributed by atoms with E-state index in [-0.39, 0.29) is 35.1 Å². The van der Waals surface area contributed by atoms with E-state index in [4.69, 9.17) is 4.74 Å². The van der Waals surface area contributed by atoms with Crippen molar-refractivity contribution in [2.24, 2.45) is 5.41 Å². The van der Waals surface area contributed by atoms with Crippen LogP contribution in [0.4, 0.5) is 11.4 Å². The van der Waals surface area contributed by atoms with Crippen LogP contribution in [0.1, 0.15) is 32.4 Å².